The first kappa shape index (κ1) is 11.7. The normalized spacial score (nSPS) is 24.2. The van der Waals surface area contributed by atoms with Gasteiger partial charge in [-0.2, -0.15) is 0 Å². The van der Waals surface area contributed by atoms with Crippen LogP contribution in [0.25, 0.3) is 0 Å². The van der Waals surface area contributed by atoms with Crippen LogP contribution in [0, 0.1) is 24.7 Å². The van der Waals surface area contributed by atoms with Crippen molar-refractivity contribution in [2.75, 3.05) is 0 Å². The fourth-order valence-electron chi connectivity index (χ4n) is 3.58. The molecule has 0 aromatic heterocycles. The zero-order valence-corrected chi connectivity index (χ0v) is 11.7. The van der Waals surface area contributed by atoms with E-state index in [4.69, 9.17) is 0 Å². The Kier molecular flexibility index (Phi) is 2.13. The summed E-state index contributed by atoms with van der Waals surface area (Å²) in [5.74, 6) is 0. The molecule has 0 heteroatoms. The van der Waals surface area contributed by atoms with Crippen molar-refractivity contribution in [2.24, 2.45) is 10.8 Å². The summed E-state index contributed by atoms with van der Waals surface area (Å²) >= 11 is 0. The van der Waals surface area contributed by atoms with E-state index >= 15 is 0 Å². The third-order valence-electron chi connectivity index (χ3n) is 5.80. The largest absolute Gasteiger partial charge is 0.0585 e. The van der Waals surface area contributed by atoms with E-state index in [9.17, 15) is 0 Å². The lowest BCUT2D eigenvalue weighted by molar-refractivity contribution is 0.457. The topological polar surface area (TPSA) is 0 Å². The molecular formula is C16H24. The molecule has 0 bridgehead atoms. The fourth-order valence-corrected chi connectivity index (χ4v) is 3.58. The first-order valence-corrected chi connectivity index (χ1v) is 6.23. The molecule has 88 valence electrons. The van der Waals surface area contributed by atoms with Crippen LogP contribution >= 0.6 is 0 Å². The van der Waals surface area contributed by atoms with Gasteiger partial charge < -0.3 is 0 Å². The Morgan fingerprint density at radius 1 is 0.688 bits per heavy atom. The van der Waals surface area contributed by atoms with Crippen LogP contribution in [0.4, 0.5) is 0 Å². The number of rotatable bonds is 1. The summed E-state index contributed by atoms with van der Waals surface area (Å²) in [6.45, 7) is 16.4. The molecule has 2 rings (SSSR count). The van der Waals surface area contributed by atoms with E-state index in [1.807, 2.05) is 0 Å². The van der Waals surface area contributed by atoms with Crippen LogP contribution in [-0.2, 0) is 5.41 Å². The number of benzene rings is 1. The zero-order chi connectivity index (χ0) is 12.4. The molecule has 1 aliphatic rings. The summed E-state index contributed by atoms with van der Waals surface area (Å²) in [5.41, 5.74) is 5.38. The predicted octanol–water partition coefficient (Wildman–Crippen LogP) is 4.63. The first-order valence-electron chi connectivity index (χ1n) is 6.23. The second kappa shape index (κ2) is 2.91. The second-order valence-corrected chi connectivity index (χ2v) is 6.75. The molecule has 1 aromatic rings. The lowest BCUT2D eigenvalue weighted by Gasteiger charge is -2.18. The van der Waals surface area contributed by atoms with Crippen molar-refractivity contribution >= 4 is 0 Å². The van der Waals surface area contributed by atoms with Crippen molar-refractivity contribution in [3.05, 3.63) is 34.9 Å². The van der Waals surface area contributed by atoms with Gasteiger partial charge in [-0.25, -0.2) is 0 Å². The average Bonchev–Trinajstić information content (AvgIpc) is 2.43. The highest BCUT2D eigenvalue weighted by Gasteiger charge is 2.74. The van der Waals surface area contributed by atoms with Crippen molar-refractivity contribution in [3.8, 4) is 0 Å². The molecule has 0 radical (unpaired) electrons. The van der Waals surface area contributed by atoms with Gasteiger partial charge in [0, 0.05) is 5.41 Å². The maximum atomic E-state index is 2.42. The first-order chi connectivity index (χ1) is 7.14. The standard InChI is InChI=1S/C16H24/c1-11-8-12(2)10-13(9-11)16(7)14(3,4)15(16,5)6/h8-10H,1-7H3. The van der Waals surface area contributed by atoms with E-state index in [0.29, 0.717) is 16.2 Å². The lowest BCUT2D eigenvalue weighted by Crippen LogP contribution is -2.11. The van der Waals surface area contributed by atoms with Crippen LogP contribution in [0.15, 0.2) is 18.2 Å². The molecule has 0 nitrogen and oxygen atoms in total. The summed E-state index contributed by atoms with van der Waals surface area (Å²) in [7, 11) is 0. The van der Waals surface area contributed by atoms with Crippen LogP contribution in [-0.4, -0.2) is 0 Å². The fraction of sp³-hybridized carbons (Fsp3) is 0.625. The number of aryl methyl sites for hydroxylation is 2. The molecule has 0 atom stereocenters. The quantitative estimate of drug-likeness (QED) is 0.642. The Morgan fingerprint density at radius 2 is 1.06 bits per heavy atom. The maximum absolute atomic E-state index is 2.42. The molecule has 1 aliphatic carbocycles. The Balaban J connectivity index is 2.55. The third-order valence-corrected chi connectivity index (χ3v) is 5.80. The highest BCUT2D eigenvalue weighted by molar-refractivity contribution is 5.45. The van der Waals surface area contributed by atoms with Crippen LogP contribution in [0.1, 0.15) is 51.3 Å². The molecule has 1 saturated carbocycles. The Hall–Kier alpha value is -0.780. The molecule has 1 fully saturated rings. The SMILES string of the molecule is Cc1cc(C)cc(C2(C)C(C)(C)C2(C)C)c1. The summed E-state index contributed by atoms with van der Waals surface area (Å²) in [4.78, 5) is 0. The Bertz CT molecular complexity index is 401. The second-order valence-electron chi connectivity index (χ2n) is 6.75. The van der Waals surface area contributed by atoms with Crippen LogP contribution in [0.5, 0.6) is 0 Å². The minimum atomic E-state index is 0.316. The minimum absolute atomic E-state index is 0.316. The van der Waals surface area contributed by atoms with Crippen LogP contribution < -0.4 is 0 Å². The van der Waals surface area contributed by atoms with Gasteiger partial charge in [0.1, 0.15) is 0 Å². The molecule has 0 amide bonds. The zero-order valence-electron chi connectivity index (χ0n) is 11.7. The molecule has 0 N–H and O–H groups in total. The molecule has 16 heavy (non-hydrogen) atoms. The summed E-state index contributed by atoms with van der Waals surface area (Å²) in [6, 6.07) is 6.99. The summed E-state index contributed by atoms with van der Waals surface area (Å²) in [6.07, 6.45) is 0. The lowest BCUT2D eigenvalue weighted by atomic mass is 9.86. The molecule has 0 spiro atoms. The smallest absolute Gasteiger partial charge is 0.00379 e. The van der Waals surface area contributed by atoms with Crippen molar-refractivity contribution in [2.45, 2.75) is 53.9 Å². The molecule has 0 saturated heterocycles. The van der Waals surface area contributed by atoms with Gasteiger partial charge in [0.15, 0.2) is 0 Å². The van der Waals surface area contributed by atoms with Crippen LogP contribution in [0.3, 0.4) is 0 Å². The van der Waals surface area contributed by atoms with Gasteiger partial charge >= 0.3 is 0 Å². The van der Waals surface area contributed by atoms with Gasteiger partial charge in [0.05, 0.1) is 0 Å². The number of hydrogen-bond donors (Lipinski definition) is 0. The monoisotopic (exact) mass is 216 g/mol. The van der Waals surface area contributed by atoms with Crippen molar-refractivity contribution in [1.29, 1.82) is 0 Å². The van der Waals surface area contributed by atoms with Gasteiger partial charge in [0.2, 0.25) is 0 Å². The van der Waals surface area contributed by atoms with E-state index in [-0.39, 0.29) is 0 Å². The maximum Gasteiger partial charge on any atom is 0.00379 e. The molecule has 0 unspecified atom stereocenters. The summed E-state index contributed by atoms with van der Waals surface area (Å²) < 4.78 is 0. The van der Waals surface area contributed by atoms with E-state index in [0.717, 1.165) is 0 Å². The van der Waals surface area contributed by atoms with Gasteiger partial charge in [-0.15, -0.1) is 0 Å². The highest BCUT2D eigenvalue weighted by Crippen LogP contribution is 2.77. The van der Waals surface area contributed by atoms with Gasteiger partial charge in [-0.3, -0.25) is 0 Å². The Labute approximate surface area is 100 Å². The van der Waals surface area contributed by atoms with E-state index in [1.54, 1.807) is 0 Å². The van der Waals surface area contributed by atoms with Crippen molar-refractivity contribution in [3.63, 3.8) is 0 Å². The molecule has 0 aliphatic heterocycles. The van der Waals surface area contributed by atoms with Crippen LogP contribution in [0.2, 0.25) is 0 Å². The molecular weight excluding hydrogens is 192 g/mol. The van der Waals surface area contributed by atoms with Gasteiger partial charge in [-0.05, 0) is 30.2 Å². The van der Waals surface area contributed by atoms with Gasteiger partial charge in [0.25, 0.3) is 0 Å². The molecule has 0 heterocycles. The van der Waals surface area contributed by atoms with E-state index < -0.39 is 0 Å². The molecule has 1 aromatic carbocycles. The third kappa shape index (κ3) is 1.11. The van der Waals surface area contributed by atoms with Crippen molar-refractivity contribution in [1.82, 2.24) is 0 Å². The highest BCUT2D eigenvalue weighted by atomic mass is 14.8. The summed E-state index contributed by atoms with van der Waals surface area (Å²) in [5, 5.41) is 0. The van der Waals surface area contributed by atoms with E-state index in [2.05, 4.69) is 66.7 Å². The average molecular weight is 216 g/mol. The number of hydrogen-bond acceptors (Lipinski definition) is 0. The van der Waals surface area contributed by atoms with Gasteiger partial charge in [-0.1, -0.05) is 63.9 Å². The minimum Gasteiger partial charge on any atom is -0.0585 e. The predicted molar refractivity (Wildman–Crippen MR) is 70.8 cm³/mol. The Morgan fingerprint density at radius 3 is 1.38 bits per heavy atom. The van der Waals surface area contributed by atoms with E-state index in [1.165, 1.54) is 16.7 Å². The van der Waals surface area contributed by atoms with Crippen molar-refractivity contribution < 1.29 is 0 Å².